The summed E-state index contributed by atoms with van der Waals surface area (Å²) in [6.07, 6.45) is 3.32. The quantitative estimate of drug-likeness (QED) is 0.499. The van der Waals surface area contributed by atoms with Crippen LogP contribution in [0.1, 0.15) is 0 Å². The molecule has 1 heterocycles. The standard InChI is InChI=1S/C5H6N2.H2O4S/c6-5-1-3-7-4-2-5;1-5(2,3)4/h1-4H,(H2,6,7);(H2,1,2,3,4). The highest BCUT2D eigenvalue weighted by Gasteiger charge is 1.84. The van der Waals surface area contributed by atoms with Crippen molar-refractivity contribution in [2.45, 2.75) is 0 Å². The third-order valence-corrected chi connectivity index (χ3v) is 0.706. The molecule has 0 aliphatic rings. The lowest BCUT2D eigenvalue weighted by Gasteiger charge is -1.83. The molecule has 0 saturated heterocycles. The summed E-state index contributed by atoms with van der Waals surface area (Å²) in [5.41, 5.74) is 6.08. The van der Waals surface area contributed by atoms with Crippen molar-refractivity contribution < 1.29 is 17.5 Å². The van der Waals surface area contributed by atoms with Crippen LogP contribution in [-0.4, -0.2) is 22.5 Å². The number of rotatable bonds is 0. The fourth-order valence-electron chi connectivity index (χ4n) is 0.363. The van der Waals surface area contributed by atoms with Crippen molar-refractivity contribution in [3.8, 4) is 0 Å². The van der Waals surface area contributed by atoms with E-state index in [-0.39, 0.29) is 0 Å². The minimum Gasteiger partial charge on any atom is -0.399 e. The second-order valence-corrected chi connectivity index (χ2v) is 2.62. The van der Waals surface area contributed by atoms with Gasteiger partial charge in [-0.1, -0.05) is 0 Å². The van der Waals surface area contributed by atoms with Crippen LogP contribution in [0.15, 0.2) is 24.5 Å². The molecule has 0 aliphatic heterocycles. The van der Waals surface area contributed by atoms with Crippen LogP contribution in [-0.2, 0) is 10.4 Å². The normalized spacial score (nSPS) is 9.83. The molecular formula is C5H8N2O4S. The second kappa shape index (κ2) is 4.65. The third-order valence-electron chi connectivity index (χ3n) is 0.706. The molecule has 0 radical (unpaired) electrons. The predicted molar refractivity (Wildman–Crippen MR) is 42.8 cm³/mol. The average molecular weight is 192 g/mol. The van der Waals surface area contributed by atoms with Gasteiger partial charge in [0, 0.05) is 18.1 Å². The predicted octanol–water partition coefficient (Wildman–Crippen LogP) is 0.0110. The summed E-state index contributed by atoms with van der Waals surface area (Å²) in [5, 5.41) is 0. The second-order valence-electron chi connectivity index (χ2n) is 1.73. The van der Waals surface area contributed by atoms with E-state index in [1.807, 2.05) is 0 Å². The summed E-state index contributed by atoms with van der Waals surface area (Å²) in [7, 11) is -4.67. The third kappa shape index (κ3) is 11.6. The Labute approximate surface area is 69.6 Å². The molecule has 0 unspecified atom stereocenters. The van der Waals surface area contributed by atoms with Gasteiger partial charge in [0.25, 0.3) is 0 Å². The summed E-state index contributed by atoms with van der Waals surface area (Å²) in [6, 6.07) is 3.50. The summed E-state index contributed by atoms with van der Waals surface area (Å²) < 4.78 is 31.6. The number of anilines is 1. The average Bonchev–Trinajstić information content (AvgIpc) is 1.85. The Bertz CT molecular complexity index is 301. The van der Waals surface area contributed by atoms with E-state index < -0.39 is 10.4 Å². The maximum atomic E-state index is 8.74. The van der Waals surface area contributed by atoms with E-state index in [2.05, 4.69) is 4.98 Å². The van der Waals surface area contributed by atoms with Crippen molar-refractivity contribution in [3.05, 3.63) is 24.5 Å². The van der Waals surface area contributed by atoms with Gasteiger partial charge in [0.15, 0.2) is 0 Å². The zero-order valence-electron chi connectivity index (χ0n) is 5.95. The van der Waals surface area contributed by atoms with E-state index in [1.165, 1.54) is 0 Å². The molecule has 0 aromatic carbocycles. The fraction of sp³-hybridized carbons (Fsp3) is 0. The lowest BCUT2D eigenvalue weighted by Crippen LogP contribution is -1.89. The monoisotopic (exact) mass is 192 g/mol. The van der Waals surface area contributed by atoms with Gasteiger partial charge in [0.05, 0.1) is 0 Å². The van der Waals surface area contributed by atoms with E-state index in [1.54, 1.807) is 24.5 Å². The minimum atomic E-state index is -4.67. The molecule has 1 aromatic heterocycles. The van der Waals surface area contributed by atoms with Crippen LogP contribution >= 0.6 is 0 Å². The van der Waals surface area contributed by atoms with Crippen molar-refractivity contribution in [1.29, 1.82) is 0 Å². The van der Waals surface area contributed by atoms with Crippen molar-refractivity contribution in [1.82, 2.24) is 4.98 Å². The van der Waals surface area contributed by atoms with E-state index >= 15 is 0 Å². The maximum Gasteiger partial charge on any atom is 0.394 e. The topological polar surface area (TPSA) is 114 Å². The van der Waals surface area contributed by atoms with Crippen LogP contribution in [0.2, 0.25) is 0 Å². The lowest BCUT2D eigenvalue weighted by molar-refractivity contribution is 0.381. The van der Waals surface area contributed by atoms with Gasteiger partial charge >= 0.3 is 10.4 Å². The van der Waals surface area contributed by atoms with Crippen molar-refractivity contribution >= 4 is 16.1 Å². The summed E-state index contributed by atoms with van der Waals surface area (Å²) in [4.78, 5) is 3.77. The number of hydrogen-bond donors (Lipinski definition) is 3. The number of nitrogens with zero attached hydrogens (tertiary/aromatic N) is 1. The van der Waals surface area contributed by atoms with E-state index in [4.69, 9.17) is 23.3 Å². The molecule has 1 rings (SSSR count). The largest absolute Gasteiger partial charge is 0.399 e. The van der Waals surface area contributed by atoms with Gasteiger partial charge in [-0.15, -0.1) is 0 Å². The Hall–Kier alpha value is -1.18. The zero-order valence-corrected chi connectivity index (χ0v) is 6.77. The Morgan fingerprint density at radius 2 is 1.58 bits per heavy atom. The Morgan fingerprint density at radius 1 is 1.25 bits per heavy atom. The van der Waals surface area contributed by atoms with Gasteiger partial charge in [-0.05, 0) is 12.1 Å². The molecule has 12 heavy (non-hydrogen) atoms. The first-order chi connectivity index (χ1) is 5.39. The van der Waals surface area contributed by atoms with Crippen LogP contribution in [0.3, 0.4) is 0 Å². The van der Waals surface area contributed by atoms with Crippen molar-refractivity contribution in [2.75, 3.05) is 5.73 Å². The molecule has 0 fully saturated rings. The Kier molecular flexibility index (Phi) is 4.19. The molecule has 68 valence electrons. The molecule has 0 saturated carbocycles. The molecule has 4 N–H and O–H groups in total. The zero-order chi connectivity index (χ0) is 9.61. The van der Waals surface area contributed by atoms with Crippen molar-refractivity contribution in [2.24, 2.45) is 0 Å². The van der Waals surface area contributed by atoms with E-state index in [0.29, 0.717) is 0 Å². The van der Waals surface area contributed by atoms with Crippen LogP contribution in [0.4, 0.5) is 5.69 Å². The maximum absolute atomic E-state index is 8.74. The van der Waals surface area contributed by atoms with Crippen LogP contribution < -0.4 is 5.73 Å². The Balaban J connectivity index is 0.000000217. The highest BCUT2D eigenvalue weighted by Crippen LogP contribution is 1.92. The molecular weight excluding hydrogens is 184 g/mol. The first kappa shape index (κ1) is 10.8. The molecule has 0 bridgehead atoms. The summed E-state index contributed by atoms with van der Waals surface area (Å²) in [6.45, 7) is 0. The van der Waals surface area contributed by atoms with Gasteiger partial charge in [0.2, 0.25) is 0 Å². The van der Waals surface area contributed by atoms with Crippen LogP contribution in [0.25, 0.3) is 0 Å². The van der Waals surface area contributed by atoms with Gasteiger partial charge in [-0.3, -0.25) is 14.1 Å². The number of aromatic nitrogens is 1. The molecule has 1 aromatic rings. The fourth-order valence-corrected chi connectivity index (χ4v) is 0.363. The number of nitrogen functional groups attached to an aromatic ring is 1. The van der Waals surface area contributed by atoms with Crippen LogP contribution in [0, 0.1) is 0 Å². The molecule has 0 amide bonds. The number of pyridine rings is 1. The highest BCUT2D eigenvalue weighted by molar-refractivity contribution is 7.79. The van der Waals surface area contributed by atoms with Gasteiger partial charge in [-0.25, -0.2) is 0 Å². The highest BCUT2D eigenvalue weighted by atomic mass is 32.3. The molecule has 0 aliphatic carbocycles. The molecule has 6 nitrogen and oxygen atoms in total. The van der Waals surface area contributed by atoms with E-state index in [9.17, 15) is 0 Å². The van der Waals surface area contributed by atoms with Crippen molar-refractivity contribution in [3.63, 3.8) is 0 Å². The summed E-state index contributed by atoms with van der Waals surface area (Å²) >= 11 is 0. The number of hydrogen-bond acceptors (Lipinski definition) is 4. The molecule has 7 heteroatoms. The van der Waals surface area contributed by atoms with Gasteiger partial charge in [-0.2, -0.15) is 8.42 Å². The summed E-state index contributed by atoms with van der Waals surface area (Å²) in [5.74, 6) is 0. The molecule has 0 spiro atoms. The van der Waals surface area contributed by atoms with Gasteiger partial charge < -0.3 is 5.73 Å². The molecule has 0 atom stereocenters. The minimum absolute atomic E-state index is 0.759. The Morgan fingerprint density at radius 3 is 1.75 bits per heavy atom. The smallest absolute Gasteiger partial charge is 0.394 e. The van der Waals surface area contributed by atoms with E-state index in [0.717, 1.165) is 5.69 Å². The van der Waals surface area contributed by atoms with Crippen LogP contribution in [0.5, 0.6) is 0 Å². The van der Waals surface area contributed by atoms with Gasteiger partial charge in [0.1, 0.15) is 0 Å². The lowest BCUT2D eigenvalue weighted by atomic mass is 10.4. The number of nitrogens with two attached hydrogens (primary N) is 1. The SMILES string of the molecule is Nc1ccncc1.O=S(=O)(O)O. The first-order valence-electron chi connectivity index (χ1n) is 2.75. The first-order valence-corrected chi connectivity index (χ1v) is 4.14.